The van der Waals surface area contributed by atoms with Gasteiger partial charge in [0.05, 0.1) is 18.8 Å². The van der Waals surface area contributed by atoms with Crippen molar-refractivity contribution < 1.29 is 14.6 Å². The molecule has 0 aliphatic carbocycles. The maximum atomic E-state index is 11.3. The first-order chi connectivity index (χ1) is 8.08. The molecule has 0 amide bonds. The lowest BCUT2D eigenvalue weighted by Crippen LogP contribution is -2.44. The average molecular weight is 254 g/mol. The molecule has 0 aliphatic rings. The molecule has 0 aliphatic heterocycles. The number of nitrogens with zero attached hydrogens (tertiary/aromatic N) is 1. The van der Waals surface area contributed by atoms with E-state index in [0.29, 0.717) is 12.1 Å². The second-order valence-corrected chi connectivity index (χ2v) is 4.53. The fourth-order valence-corrected chi connectivity index (χ4v) is 2.08. The van der Waals surface area contributed by atoms with Crippen LogP contribution in [0.4, 0.5) is 0 Å². The van der Waals surface area contributed by atoms with Gasteiger partial charge in [0.1, 0.15) is 12.1 Å². The van der Waals surface area contributed by atoms with Gasteiger partial charge in [0, 0.05) is 16.8 Å². The Balaban J connectivity index is 2.58. The van der Waals surface area contributed by atoms with E-state index in [1.807, 2.05) is 6.07 Å². The zero-order chi connectivity index (χ0) is 12.8. The van der Waals surface area contributed by atoms with Gasteiger partial charge in [-0.05, 0) is 13.0 Å². The van der Waals surface area contributed by atoms with Gasteiger partial charge in [-0.2, -0.15) is 5.26 Å². The number of thiophene rings is 1. The van der Waals surface area contributed by atoms with E-state index < -0.39 is 18.1 Å². The molecule has 92 valence electrons. The number of carbonyl (C=O) groups is 1. The number of carbonyl (C=O) groups excluding carboxylic acids is 1. The topological polar surface area (TPSA) is 82.3 Å². The van der Waals surface area contributed by atoms with Crippen LogP contribution in [-0.4, -0.2) is 30.3 Å². The van der Waals surface area contributed by atoms with Crippen molar-refractivity contribution in [2.24, 2.45) is 0 Å². The average Bonchev–Trinajstić information content (AvgIpc) is 2.76. The van der Waals surface area contributed by atoms with Crippen molar-refractivity contribution >= 4 is 17.3 Å². The van der Waals surface area contributed by atoms with Crippen LogP contribution >= 0.6 is 11.3 Å². The van der Waals surface area contributed by atoms with Crippen LogP contribution in [0.2, 0.25) is 0 Å². The normalized spacial score (nSPS) is 13.8. The van der Waals surface area contributed by atoms with Crippen molar-refractivity contribution in [3.63, 3.8) is 0 Å². The highest BCUT2D eigenvalue weighted by molar-refractivity contribution is 7.10. The van der Waals surface area contributed by atoms with Crippen molar-refractivity contribution in [2.45, 2.75) is 25.6 Å². The minimum absolute atomic E-state index is 0.414. The van der Waals surface area contributed by atoms with Gasteiger partial charge in [0.2, 0.25) is 0 Å². The van der Waals surface area contributed by atoms with Gasteiger partial charge in [-0.25, -0.2) is 0 Å². The molecule has 0 saturated carbocycles. The lowest BCUT2D eigenvalue weighted by molar-refractivity contribution is -0.145. The number of hydrogen-bond acceptors (Lipinski definition) is 6. The van der Waals surface area contributed by atoms with Crippen LogP contribution in [0.15, 0.2) is 11.4 Å². The summed E-state index contributed by atoms with van der Waals surface area (Å²) in [6, 6.07) is 3.02. The number of nitriles is 1. The standard InChI is InChI=1S/C11H14N2O3S/c1-7(14)10(11(15)16-2)13-5-9-3-8(4-12)6-17-9/h3,6-7,10,13-14H,5H2,1-2H3/t7-,10-/m0/s1. The van der Waals surface area contributed by atoms with Crippen molar-refractivity contribution in [1.82, 2.24) is 5.32 Å². The van der Waals surface area contributed by atoms with Crippen LogP contribution in [0.25, 0.3) is 0 Å². The zero-order valence-corrected chi connectivity index (χ0v) is 10.5. The zero-order valence-electron chi connectivity index (χ0n) is 9.64. The molecule has 2 N–H and O–H groups in total. The summed E-state index contributed by atoms with van der Waals surface area (Å²) in [5, 5.41) is 22.7. The number of esters is 1. The smallest absolute Gasteiger partial charge is 0.325 e. The van der Waals surface area contributed by atoms with Gasteiger partial charge in [-0.3, -0.25) is 10.1 Å². The maximum Gasteiger partial charge on any atom is 0.325 e. The maximum absolute atomic E-state index is 11.3. The fourth-order valence-electron chi connectivity index (χ4n) is 1.32. The molecule has 1 heterocycles. The highest BCUT2D eigenvalue weighted by Gasteiger charge is 2.23. The van der Waals surface area contributed by atoms with E-state index in [4.69, 9.17) is 5.26 Å². The predicted molar refractivity (Wildman–Crippen MR) is 63.4 cm³/mol. The molecule has 0 spiro atoms. The van der Waals surface area contributed by atoms with Crippen molar-refractivity contribution in [3.8, 4) is 6.07 Å². The van der Waals surface area contributed by atoms with E-state index in [0.717, 1.165) is 4.88 Å². The molecular formula is C11H14N2O3S. The van der Waals surface area contributed by atoms with Gasteiger partial charge in [0.25, 0.3) is 0 Å². The highest BCUT2D eigenvalue weighted by atomic mass is 32.1. The third-order valence-electron chi connectivity index (χ3n) is 2.22. The van der Waals surface area contributed by atoms with Crippen molar-refractivity contribution in [1.29, 1.82) is 5.26 Å². The van der Waals surface area contributed by atoms with E-state index in [-0.39, 0.29) is 0 Å². The summed E-state index contributed by atoms with van der Waals surface area (Å²) in [6.45, 7) is 1.93. The van der Waals surface area contributed by atoms with E-state index in [1.165, 1.54) is 25.4 Å². The molecule has 0 unspecified atom stereocenters. The van der Waals surface area contributed by atoms with E-state index in [1.54, 1.807) is 11.4 Å². The Morgan fingerprint density at radius 3 is 2.94 bits per heavy atom. The summed E-state index contributed by atoms with van der Waals surface area (Å²) in [6.07, 6.45) is -0.835. The molecule has 0 radical (unpaired) electrons. The number of ether oxygens (including phenoxy) is 1. The number of aliphatic hydroxyl groups is 1. The van der Waals surface area contributed by atoms with Gasteiger partial charge >= 0.3 is 5.97 Å². The third kappa shape index (κ3) is 3.82. The van der Waals surface area contributed by atoms with Crippen LogP contribution in [0, 0.1) is 11.3 Å². The Bertz CT molecular complexity index is 423. The predicted octanol–water partition coefficient (Wildman–Crippen LogP) is 0.632. The SMILES string of the molecule is COC(=O)[C@@H](NCc1cc(C#N)cs1)[C@H](C)O. The molecule has 1 aromatic heterocycles. The van der Waals surface area contributed by atoms with Crippen LogP contribution in [0.1, 0.15) is 17.4 Å². The summed E-state index contributed by atoms with van der Waals surface area (Å²) in [5.41, 5.74) is 0.596. The van der Waals surface area contributed by atoms with Crippen LogP contribution < -0.4 is 5.32 Å². The molecule has 5 nitrogen and oxygen atoms in total. The summed E-state index contributed by atoms with van der Waals surface area (Å²) in [4.78, 5) is 12.3. The highest BCUT2D eigenvalue weighted by Crippen LogP contribution is 2.13. The molecule has 0 fully saturated rings. The van der Waals surface area contributed by atoms with Crippen LogP contribution in [0.5, 0.6) is 0 Å². The molecule has 2 atom stereocenters. The lowest BCUT2D eigenvalue weighted by atomic mass is 10.2. The van der Waals surface area contributed by atoms with Gasteiger partial charge in [-0.1, -0.05) is 0 Å². The first kappa shape index (κ1) is 13.6. The minimum atomic E-state index is -0.835. The van der Waals surface area contributed by atoms with Crippen LogP contribution in [-0.2, 0) is 16.1 Å². The Labute approximate surface area is 104 Å². The summed E-state index contributed by atoms with van der Waals surface area (Å²) < 4.78 is 4.58. The monoisotopic (exact) mass is 254 g/mol. The third-order valence-corrected chi connectivity index (χ3v) is 3.15. The first-order valence-corrected chi connectivity index (χ1v) is 5.93. The van der Waals surface area contributed by atoms with Crippen LogP contribution in [0.3, 0.4) is 0 Å². The molecule has 1 aromatic rings. The second kappa shape index (κ2) is 6.35. The number of aliphatic hydroxyl groups excluding tert-OH is 1. The van der Waals surface area contributed by atoms with Crippen molar-refractivity contribution in [3.05, 3.63) is 21.9 Å². The van der Waals surface area contributed by atoms with E-state index >= 15 is 0 Å². The molecular weight excluding hydrogens is 240 g/mol. The Kier molecular flexibility index (Phi) is 5.10. The Morgan fingerprint density at radius 1 is 1.76 bits per heavy atom. The lowest BCUT2D eigenvalue weighted by Gasteiger charge is -2.18. The van der Waals surface area contributed by atoms with E-state index in [2.05, 4.69) is 10.1 Å². The molecule has 0 aromatic carbocycles. The largest absolute Gasteiger partial charge is 0.468 e. The number of methoxy groups -OCH3 is 1. The molecule has 17 heavy (non-hydrogen) atoms. The fraction of sp³-hybridized carbons (Fsp3) is 0.455. The Morgan fingerprint density at radius 2 is 2.47 bits per heavy atom. The summed E-state index contributed by atoms with van der Waals surface area (Å²) in [5.74, 6) is -0.503. The quantitative estimate of drug-likeness (QED) is 0.753. The number of rotatable bonds is 5. The second-order valence-electron chi connectivity index (χ2n) is 3.54. The summed E-state index contributed by atoms with van der Waals surface area (Å²) >= 11 is 1.43. The van der Waals surface area contributed by atoms with Crippen molar-refractivity contribution in [2.75, 3.05) is 7.11 Å². The number of nitrogens with one attached hydrogen (secondary N) is 1. The molecule has 1 rings (SSSR count). The first-order valence-electron chi connectivity index (χ1n) is 5.05. The van der Waals surface area contributed by atoms with Gasteiger partial charge in [0.15, 0.2) is 0 Å². The van der Waals surface area contributed by atoms with Gasteiger partial charge in [-0.15, -0.1) is 11.3 Å². The molecule has 6 heteroatoms. The molecule has 0 bridgehead atoms. The number of hydrogen-bond donors (Lipinski definition) is 2. The van der Waals surface area contributed by atoms with Gasteiger partial charge < -0.3 is 9.84 Å². The minimum Gasteiger partial charge on any atom is -0.468 e. The summed E-state index contributed by atoms with van der Waals surface area (Å²) in [7, 11) is 1.28. The Hall–Kier alpha value is -1.42. The van der Waals surface area contributed by atoms with E-state index in [9.17, 15) is 9.90 Å². The molecule has 0 saturated heterocycles.